The van der Waals surface area contributed by atoms with Crippen molar-refractivity contribution in [3.63, 3.8) is 0 Å². The number of hydrogen-bond acceptors (Lipinski definition) is 4. The minimum absolute atomic E-state index is 0.00375. The van der Waals surface area contributed by atoms with Crippen molar-refractivity contribution in [2.45, 2.75) is 32.7 Å². The Morgan fingerprint density at radius 1 is 1.63 bits per heavy atom. The van der Waals surface area contributed by atoms with Gasteiger partial charge in [-0.25, -0.2) is 4.98 Å². The Balaban J connectivity index is 3.11. The second-order valence-electron chi connectivity index (χ2n) is 4.34. The molecular formula is C12H16ClN3O3. The first-order valence-corrected chi connectivity index (χ1v) is 6.33. The second kappa shape index (κ2) is 6.47. The molecule has 0 aromatic carbocycles. The molecule has 0 aliphatic carbocycles. The fraction of sp³-hybridized carbons (Fsp3) is 0.500. The lowest BCUT2D eigenvalue weighted by atomic mass is 10.1. The van der Waals surface area contributed by atoms with E-state index in [1.165, 1.54) is 11.0 Å². The maximum absolute atomic E-state index is 12.3. The highest BCUT2D eigenvalue weighted by molar-refractivity contribution is 6.29. The van der Waals surface area contributed by atoms with Crippen molar-refractivity contribution in [2.75, 3.05) is 7.05 Å². The highest BCUT2D eigenvalue weighted by Gasteiger charge is 2.26. The van der Waals surface area contributed by atoms with Crippen LogP contribution in [0.2, 0.25) is 5.15 Å². The molecule has 0 aliphatic rings. The van der Waals surface area contributed by atoms with Crippen molar-refractivity contribution in [3.05, 3.63) is 33.1 Å². The maximum Gasteiger partial charge on any atom is 0.300 e. The van der Waals surface area contributed by atoms with Gasteiger partial charge in [-0.1, -0.05) is 24.9 Å². The van der Waals surface area contributed by atoms with Crippen LogP contribution >= 0.6 is 11.6 Å². The number of halogens is 1. The monoisotopic (exact) mass is 285 g/mol. The van der Waals surface area contributed by atoms with Crippen LogP contribution in [0.3, 0.4) is 0 Å². The largest absolute Gasteiger partial charge is 0.339 e. The molecule has 0 fully saturated rings. The van der Waals surface area contributed by atoms with Gasteiger partial charge in [0, 0.05) is 13.1 Å². The predicted octanol–water partition coefficient (Wildman–Crippen LogP) is 2.90. The molecule has 0 spiro atoms. The van der Waals surface area contributed by atoms with Gasteiger partial charge in [-0.2, -0.15) is 0 Å². The summed E-state index contributed by atoms with van der Waals surface area (Å²) in [6, 6.07) is 1.24. The number of nitrogens with zero attached hydrogens (tertiary/aromatic N) is 3. The molecule has 0 aliphatic heterocycles. The SMILES string of the molecule is CCCC(C)N(C)C(=O)c1cc(Cl)ncc1[N+](=O)[O-]. The van der Waals surface area contributed by atoms with E-state index in [-0.39, 0.29) is 22.4 Å². The van der Waals surface area contributed by atoms with Crippen LogP contribution < -0.4 is 0 Å². The summed E-state index contributed by atoms with van der Waals surface area (Å²) >= 11 is 5.71. The van der Waals surface area contributed by atoms with Gasteiger partial charge in [-0.3, -0.25) is 14.9 Å². The summed E-state index contributed by atoms with van der Waals surface area (Å²) in [5.74, 6) is -0.419. The maximum atomic E-state index is 12.3. The third kappa shape index (κ3) is 3.64. The van der Waals surface area contributed by atoms with E-state index in [9.17, 15) is 14.9 Å². The van der Waals surface area contributed by atoms with Crippen molar-refractivity contribution in [3.8, 4) is 0 Å². The van der Waals surface area contributed by atoms with Gasteiger partial charge < -0.3 is 4.90 Å². The molecule has 1 heterocycles. The zero-order valence-corrected chi connectivity index (χ0v) is 11.8. The molecule has 1 atom stereocenters. The van der Waals surface area contributed by atoms with E-state index in [0.717, 1.165) is 19.0 Å². The lowest BCUT2D eigenvalue weighted by molar-refractivity contribution is -0.385. The molecule has 1 unspecified atom stereocenters. The molecular weight excluding hydrogens is 270 g/mol. The van der Waals surface area contributed by atoms with Gasteiger partial charge in [-0.05, 0) is 19.4 Å². The predicted molar refractivity (Wildman–Crippen MR) is 72.4 cm³/mol. The molecule has 0 radical (unpaired) electrons. The van der Waals surface area contributed by atoms with Crippen molar-refractivity contribution in [1.82, 2.24) is 9.88 Å². The van der Waals surface area contributed by atoms with Gasteiger partial charge in [0.2, 0.25) is 0 Å². The first kappa shape index (κ1) is 15.4. The molecule has 1 aromatic heterocycles. The number of amides is 1. The standard InChI is InChI=1S/C12H16ClN3O3/c1-4-5-8(2)15(3)12(17)9-6-11(13)14-7-10(9)16(18)19/h6-8H,4-5H2,1-3H3. The molecule has 1 rings (SSSR count). The van der Waals surface area contributed by atoms with Gasteiger partial charge in [0.1, 0.15) is 16.9 Å². The van der Waals surface area contributed by atoms with E-state index >= 15 is 0 Å². The smallest absolute Gasteiger partial charge is 0.300 e. The Morgan fingerprint density at radius 2 is 2.26 bits per heavy atom. The molecule has 0 bridgehead atoms. The minimum Gasteiger partial charge on any atom is -0.339 e. The first-order valence-electron chi connectivity index (χ1n) is 5.95. The Bertz CT molecular complexity index is 493. The topological polar surface area (TPSA) is 76.3 Å². The zero-order chi connectivity index (χ0) is 14.6. The van der Waals surface area contributed by atoms with Crippen LogP contribution in [0.5, 0.6) is 0 Å². The number of pyridine rings is 1. The van der Waals surface area contributed by atoms with E-state index < -0.39 is 10.8 Å². The third-order valence-corrected chi connectivity index (χ3v) is 3.17. The Kier molecular flexibility index (Phi) is 5.23. The summed E-state index contributed by atoms with van der Waals surface area (Å²) in [4.78, 5) is 27.7. The second-order valence-corrected chi connectivity index (χ2v) is 4.72. The van der Waals surface area contributed by atoms with Crippen molar-refractivity contribution < 1.29 is 9.72 Å². The van der Waals surface area contributed by atoms with E-state index in [2.05, 4.69) is 4.98 Å². The quantitative estimate of drug-likeness (QED) is 0.473. The number of hydrogen-bond donors (Lipinski definition) is 0. The summed E-state index contributed by atoms with van der Waals surface area (Å²) in [6.45, 7) is 3.91. The Hall–Kier alpha value is -1.69. The number of carbonyl (C=O) groups excluding carboxylic acids is 1. The minimum atomic E-state index is -0.630. The number of aromatic nitrogens is 1. The number of rotatable bonds is 5. The molecule has 19 heavy (non-hydrogen) atoms. The average Bonchev–Trinajstić information content (AvgIpc) is 2.36. The fourth-order valence-electron chi connectivity index (χ4n) is 1.74. The Morgan fingerprint density at radius 3 is 2.79 bits per heavy atom. The molecule has 0 saturated heterocycles. The van der Waals surface area contributed by atoms with Crippen LogP contribution in [0.25, 0.3) is 0 Å². The summed E-state index contributed by atoms with van der Waals surface area (Å²) in [5.41, 5.74) is -0.361. The van der Waals surface area contributed by atoms with Crippen LogP contribution in [0.4, 0.5) is 5.69 Å². The highest BCUT2D eigenvalue weighted by atomic mass is 35.5. The van der Waals surface area contributed by atoms with E-state index in [0.29, 0.717) is 0 Å². The number of nitro groups is 1. The summed E-state index contributed by atoms with van der Waals surface area (Å²) in [7, 11) is 1.63. The molecule has 0 saturated carbocycles. The van der Waals surface area contributed by atoms with Gasteiger partial charge in [0.25, 0.3) is 11.6 Å². The van der Waals surface area contributed by atoms with Crippen LogP contribution in [-0.4, -0.2) is 33.8 Å². The zero-order valence-electron chi connectivity index (χ0n) is 11.1. The molecule has 0 N–H and O–H groups in total. The fourth-order valence-corrected chi connectivity index (χ4v) is 1.90. The van der Waals surface area contributed by atoms with E-state index in [1.807, 2.05) is 13.8 Å². The first-order chi connectivity index (χ1) is 8.88. The summed E-state index contributed by atoms with van der Waals surface area (Å²) < 4.78 is 0. The van der Waals surface area contributed by atoms with Gasteiger partial charge >= 0.3 is 0 Å². The molecule has 104 valence electrons. The lowest BCUT2D eigenvalue weighted by Crippen LogP contribution is -2.35. The summed E-state index contributed by atoms with van der Waals surface area (Å²) in [6.07, 6.45) is 2.76. The summed E-state index contributed by atoms with van der Waals surface area (Å²) in [5, 5.41) is 11.0. The highest BCUT2D eigenvalue weighted by Crippen LogP contribution is 2.22. The van der Waals surface area contributed by atoms with Gasteiger partial charge in [-0.15, -0.1) is 0 Å². The van der Waals surface area contributed by atoms with Crippen LogP contribution in [-0.2, 0) is 0 Å². The van der Waals surface area contributed by atoms with Gasteiger partial charge in [0.15, 0.2) is 0 Å². The van der Waals surface area contributed by atoms with Crippen molar-refractivity contribution in [1.29, 1.82) is 0 Å². The molecule has 1 amide bonds. The molecule has 6 nitrogen and oxygen atoms in total. The van der Waals surface area contributed by atoms with Crippen LogP contribution in [0.1, 0.15) is 37.0 Å². The lowest BCUT2D eigenvalue weighted by Gasteiger charge is -2.24. The average molecular weight is 286 g/mol. The van der Waals surface area contributed by atoms with E-state index in [4.69, 9.17) is 11.6 Å². The third-order valence-electron chi connectivity index (χ3n) is 2.96. The van der Waals surface area contributed by atoms with Crippen molar-refractivity contribution in [2.24, 2.45) is 0 Å². The van der Waals surface area contributed by atoms with Gasteiger partial charge in [0.05, 0.1) is 4.92 Å². The molecule has 7 heteroatoms. The number of carbonyl (C=O) groups is 1. The normalized spacial score (nSPS) is 12.0. The Labute approximate surface area is 116 Å². The van der Waals surface area contributed by atoms with E-state index in [1.54, 1.807) is 7.05 Å². The van der Waals surface area contributed by atoms with Crippen LogP contribution in [0.15, 0.2) is 12.3 Å². The van der Waals surface area contributed by atoms with Crippen LogP contribution in [0, 0.1) is 10.1 Å². The van der Waals surface area contributed by atoms with Crippen molar-refractivity contribution >= 4 is 23.2 Å². The molecule has 1 aromatic rings.